The Hall–Kier alpha value is -1.82. The number of aryl methyl sites for hydroxylation is 1. The van der Waals surface area contributed by atoms with E-state index >= 15 is 0 Å². The molecule has 3 heteroatoms. The van der Waals surface area contributed by atoms with Gasteiger partial charge in [-0.1, -0.05) is 24.3 Å². The lowest BCUT2D eigenvalue weighted by Crippen LogP contribution is -2.29. The van der Waals surface area contributed by atoms with Crippen molar-refractivity contribution in [1.82, 2.24) is 0 Å². The summed E-state index contributed by atoms with van der Waals surface area (Å²) in [7, 11) is 0. The van der Waals surface area contributed by atoms with Crippen molar-refractivity contribution in [1.29, 1.82) is 5.26 Å². The molecule has 1 atom stereocenters. The van der Waals surface area contributed by atoms with Gasteiger partial charge in [0.25, 0.3) is 0 Å². The molecule has 0 heterocycles. The molecule has 1 unspecified atom stereocenters. The van der Waals surface area contributed by atoms with E-state index < -0.39 is 11.9 Å². The highest BCUT2D eigenvalue weighted by Gasteiger charge is 2.12. The third kappa shape index (κ3) is 1.85. The molecule has 0 amide bonds. The Morgan fingerprint density at radius 1 is 1.54 bits per heavy atom. The lowest BCUT2D eigenvalue weighted by atomic mass is 9.96. The predicted molar refractivity (Wildman–Crippen MR) is 44.5 cm³/mol. The summed E-state index contributed by atoms with van der Waals surface area (Å²) in [5.74, 6) is -2.52. The zero-order valence-corrected chi connectivity index (χ0v) is 7.15. The molecule has 0 aromatic heterocycles. The first-order valence-electron chi connectivity index (χ1n) is 3.83. The second-order valence-electron chi connectivity index (χ2n) is 2.74. The fraction of sp³-hybridized carbons (Fsp3) is 0.200. The number of benzene rings is 1. The van der Waals surface area contributed by atoms with E-state index in [-0.39, 0.29) is 0 Å². The van der Waals surface area contributed by atoms with Crippen molar-refractivity contribution in [2.24, 2.45) is 0 Å². The van der Waals surface area contributed by atoms with Gasteiger partial charge < -0.3 is 9.90 Å². The van der Waals surface area contributed by atoms with Gasteiger partial charge in [-0.3, -0.25) is 0 Å². The molecule has 13 heavy (non-hydrogen) atoms. The minimum atomic E-state index is -1.35. The molecule has 3 nitrogen and oxygen atoms in total. The van der Waals surface area contributed by atoms with Gasteiger partial charge in [0.05, 0.1) is 12.0 Å². The minimum absolute atomic E-state index is 0.505. The molecule has 0 aliphatic rings. The van der Waals surface area contributed by atoms with Crippen LogP contribution in [0.25, 0.3) is 0 Å². The van der Waals surface area contributed by atoms with Crippen LogP contribution in [0.15, 0.2) is 24.3 Å². The van der Waals surface area contributed by atoms with E-state index in [1.165, 1.54) is 0 Å². The first-order chi connectivity index (χ1) is 6.16. The summed E-state index contributed by atoms with van der Waals surface area (Å²) in [6, 6.07) is 8.59. The van der Waals surface area contributed by atoms with Gasteiger partial charge in [0.2, 0.25) is 0 Å². The summed E-state index contributed by atoms with van der Waals surface area (Å²) in [5.41, 5.74) is 1.29. The van der Waals surface area contributed by atoms with Crippen LogP contribution in [-0.4, -0.2) is 5.97 Å². The lowest BCUT2D eigenvalue weighted by Gasteiger charge is -2.12. The second kappa shape index (κ2) is 3.72. The number of carbonyl (C=O) groups excluding carboxylic acids is 1. The van der Waals surface area contributed by atoms with Crippen LogP contribution < -0.4 is 5.11 Å². The van der Waals surface area contributed by atoms with Crippen molar-refractivity contribution in [3.05, 3.63) is 35.4 Å². The molecule has 1 aromatic rings. The molecule has 0 N–H and O–H groups in total. The number of carbonyl (C=O) groups is 1. The molecule has 0 fully saturated rings. The van der Waals surface area contributed by atoms with Crippen molar-refractivity contribution in [2.45, 2.75) is 12.8 Å². The Morgan fingerprint density at radius 2 is 2.15 bits per heavy atom. The van der Waals surface area contributed by atoms with Crippen molar-refractivity contribution in [3.63, 3.8) is 0 Å². The van der Waals surface area contributed by atoms with E-state index in [9.17, 15) is 9.90 Å². The van der Waals surface area contributed by atoms with Gasteiger partial charge >= 0.3 is 0 Å². The number of aliphatic carboxylic acids is 1. The Bertz CT molecular complexity index is 365. The van der Waals surface area contributed by atoms with Crippen molar-refractivity contribution < 1.29 is 9.90 Å². The van der Waals surface area contributed by atoms with Gasteiger partial charge in [-0.05, 0) is 18.1 Å². The summed E-state index contributed by atoms with van der Waals surface area (Å²) in [4.78, 5) is 10.5. The molecule has 0 aliphatic heterocycles. The Morgan fingerprint density at radius 3 is 2.62 bits per heavy atom. The first kappa shape index (κ1) is 9.27. The third-order valence-corrected chi connectivity index (χ3v) is 1.86. The normalized spacial score (nSPS) is 11.7. The topological polar surface area (TPSA) is 63.9 Å². The smallest absolute Gasteiger partial charge is 0.111 e. The molecule has 1 rings (SSSR count). The number of nitrogens with zero attached hydrogens (tertiary/aromatic N) is 1. The van der Waals surface area contributed by atoms with Crippen LogP contribution in [0.3, 0.4) is 0 Å². The zero-order chi connectivity index (χ0) is 9.84. The van der Waals surface area contributed by atoms with E-state index in [0.29, 0.717) is 5.56 Å². The van der Waals surface area contributed by atoms with Crippen LogP contribution >= 0.6 is 0 Å². The first-order valence-corrected chi connectivity index (χ1v) is 3.83. The molecular weight excluding hydrogens is 166 g/mol. The summed E-state index contributed by atoms with van der Waals surface area (Å²) in [6.07, 6.45) is 0. The van der Waals surface area contributed by atoms with Gasteiger partial charge in [-0.2, -0.15) is 5.26 Å². The van der Waals surface area contributed by atoms with Crippen molar-refractivity contribution in [2.75, 3.05) is 0 Å². The van der Waals surface area contributed by atoms with Crippen LogP contribution in [-0.2, 0) is 4.79 Å². The fourth-order valence-electron chi connectivity index (χ4n) is 1.16. The lowest BCUT2D eigenvalue weighted by molar-refractivity contribution is -0.306. The Labute approximate surface area is 76.2 Å². The molecule has 0 radical (unpaired) electrons. The van der Waals surface area contributed by atoms with E-state index in [1.54, 1.807) is 37.3 Å². The number of carboxylic acid groups (broad SMARTS) is 1. The Kier molecular flexibility index (Phi) is 2.65. The van der Waals surface area contributed by atoms with Crippen LogP contribution in [0.1, 0.15) is 17.0 Å². The summed E-state index contributed by atoms with van der Waals surface area (Å²) < 4.78 is 0. The van der Waals surface area contributed by atoms with Gasteiger partial charge in [0.15, 0.2) is 0 Å². The van der Waals surface area contributed by atoms with Crippen LogP contribution in [0.4, 0.5) is 0 Å². The molecule has 0 saturated carbocycles. The molecule has 0 bridgehead atoms. The molecule has 1 aromatic carbocycles. The summed E-state index contributed by atoms with van der Waals surface area (Å²) in [5, 5.41) is 19.2. The average molecular weight is 174 g/mol. The molecule has 66 valence electrons. The number of rotatable bonds is 2. The Balaban J connectivity index is 3.14. The third-order valence-electron chi connectivity index (χ3n) is 1.86. The van der Waals surface area contributed by atoms with Gasteiger partial charge in [-0.15, -0.1) is 0 Å². The number of hydrogen-bond acceptors (Lipinski definition) is 3. The SMILES string of the molecule is Cc1ccccc1C(C#N)C(=O)[O-]. The maximum absolute atomic E-state index is 10.5. The highest BCUT2D eigenvalue weighted by Crippen LogP contribution is 2.17. The molecule has 0 saturated heterocycles. The van der Waals surface area contributed by atoms with Crippen molar-refractivity contribution in [3.8, 4) is 6.07 Å². The molecule has 0 aliphatic carbocycles. The highest BCUT2D eigenvalue weighted by atomic mass is 16.4. The zero-order valence-electron chi connectivity index (χ0n) is 7.15. The fourth-order valence-corrected chi connectivity index (χ4v) is 1.16. The monoisotopic (exact) mass is 174 g/mol. The van der Waals surface area contributed by atoms with Crippen LogP contribution in [0.5, 0.6) is 0 Å². The molecule has 0 spiro atoms. The van der Waals surface area contributed by atoms with Crippen molar-refractivity contribution >= 4 is 5.97 Å². The summed E-state index contributed by atoms with van der Waals surface area (Å²) in [6.45, 7) is 1.77. The van der Waals surface area contributed by atoms with Gasteiger partial charge in [-0.25, -0.2) is 0 Å². The maximum atomic E-state index is 10.5. The van der Waals surface area contributed by atoms with Crippen LogP contribution in [0.2, 0.25) is 0 Å². The second-order valence-corrected chi connectivity index (χ2v) is 2.74. The average Bonchev–Trinajstić information content (AvgIpc) is 2.09. The summed E-state index contributed by atoms with van der Waals surface area (Å²) >= 11 is 0. The number of carboxylic acids is 1. The standard InChI is InChI=1S/C10H9NO2/c1-7-4-2-3-5-8(7)9(6-11)10(12)13/h2-5,9H,1H3,(H,12,13)/p-1. The van der Waals surface area contributed by atoms with E-state index in [2.05, 4.69) is 0 Å². The minimum Gasteiger partial charge on any atom is -0.548 e. The highest BCUT2D eigenvalue weighted by molar-refractivity contribution is 5.78. The van der Waals surface area contributed by atoms with Gasteiger partial charge in [0, 0.05) is 0 Å². The molecular formula is C10H8NO2-. The number of hydrogen-bond donors (Lipinski definition) is 0. The van der Waals surface area contributed by atoms with E-state index in [4.69, 9.17) is 5.26 Å². The maximum Gasteiger partial charge on any atom is 0.111 e. The largest absolute Gasteiger partial charge is 0.548 e. The number of nitriles is 1. The van der Waals surface area contributed by atoms with Gasteiger partial charge in [0.1, 0.15) is 5.92 Å². The van der Waals surface area contributed by atoms with E-state index in [1.807, 2.05) is 0 Å². The van der Waals surface area contributed by atoms with E-state index in [0.717, 1.165) is 5.56 Å². The van der Waals surface area contributed by atoms with Crippen LogP contribution in [0, 0.1) is 18.3 Å². The predicted octanol–water partition coefficient (Wildman–Crippen LogP) is 0.352. The quantitative estimate of drug-likeness (QED) is 0.649.